The third-order valence-electron chi connectivity index (χ3n) is 5.05. The molecular formula is C20H29ClN4O2. The quantitative estimate of drug-likeness (QED) is 0.793. The van der Waals surface area contributed by atoms with Crippen molar-refractivity contribution in [3.05, 3.63) is 47.8 Å². The molecule has 1 fully saturated rings. The number of piperidine rings is 1. The van der Waals surface area contributed by atoms with Crippen molar-refractivity contribution < 1.29 is 9.53 Å². The zero-order valence-corrected chi connectivity index (χ0v) is 17.0. The lowest BCUT2D eigenvalue weighted by Crippen LogP contribution is -2.37. The number of amides is 1. The van der Waals surface area contributed by atoms with E-state index in [-0.39, 0.29) is 23.7 Å². The fraction of sp³-hybridized carbons (Fsp3) is 0.500. The van der Waals surface area contributed by atoms with E-state index in [0.29, 0.717) is 18.3 Å². The molecule has 1 saturated heterocycles. The smallest absolute Gasteiger partial charge is 0.271 e. The van der Waals surface area contributed by atoms with E-state index in [4.69, 9.17) is 4.74 Å². The molecule has 1 amide bonds. The molecule has 1 unspecified atom stereocenters. The fourth-order valence-electron chi connectivity index (χ4n) is 3.26. The van der Waals surface area contributed by atoms with Crippen molar-refractivity contribution in [2.45, 2.75) is 38.1 Å². The van der Waals surface area contributed by atoms with Gasteiger partial charge in [0.1, 0.15) is 11.4 Å². The third kappa shape index (κ3) is 5.23. The van der Waals surface area contributed by atoms with Crippen molar-refractivity contribution >= 4 is 18.3 Å². The Morgan fingerprint density at radius 2 is 2.07 bits per heavy atom. The van der Waals surface area contributed by atoms with Gasteiger partial charge in [-0.2, -0.15) is 5.10 Å². The van der Waals surface area contributed by atoms with E-state index in [1.165, 1.54) is 0 Å². The molecule has 0 bridgehead atoms. The van der Waals surface area contributed by atoms with Gasteiger partial charge in [0.2, 0.25) is 0 Å². The summed E-state index contributed by atoms with van der Waals surface area (Å²) in [5.41, 5.74) is 1.44. The first kappa shape index (κ1) is 21.3. The Balaban J connectivity index is 0.00000261. The molecule has 1 aliphatic heterocycles. The van der Waals surface area contributed by atoms with Gasteiger partial charge in [0.25, 0.3) is 5.91 Å². The summed E-state index contributed by atoms with van der Waals surface area (Å²) >= 11 is 0. The Morgan fingerprint density at radius 3 is 2.70 bits per heavy atom. The van der Waals surface area contributed by atoms with Crippen molar-refractivity contribution in [3.8, 4) is 5.75 Å². The maximum absolute atomic E-state index is 12.5. The fourth-order valence-corrected chi connectivity index (χ4v) is 3.26. The van der Waals surface area contributed by atoms with Crippen LogP contribution in [0.1, 0.15) is 48.8 Å². The van der Waals surface area contributed by atoms with E-state index in [0.717, 1.165) is 37.2 Å². The van der Waals surface area contributed by atoms with Crippen LogP contribution in [0.3, 0.4) is 0 Å². The first-order valence-corrected chi connectivity index (χ1v) is 9.18. The third-order valence-corrected chi connectivity index (χ3v) is 5.05. The van der Waals surface area contributed by atoms with E-state index >= 15 is 0 Å². The maximum Gasteiger partial charge on any atom is 0.271 e. The molecule has 7 heteroatoms. The van der Waals surface area contributed by atoms with Gasteiger partial charge in [0.05, 0.1) is 13.2 Å². The Bertz CT molecular complexity index is 737. The second-order valence-electron chi connectivity index (χ2n) is 7.48. The van der Waals surface area contributed by atoms with Crippen molar-refractivity contribution in [2.75, 3.05) is 26.7 Å². The second-order valence-corrected chi connectivity index (χ2v) is 7.48. The van der Waals surface area contributed by atoms with E-state index in [1.54, 1.807) is 13.2 Å². The van der Waals surface area contributed by atoms with Crippen LogP contribution in [0.2, 0.25) is 0 Å². The minimum Gasteiger partial charge on any atom is -0.497 e. The Labute approximate surface area is 167 Å². The summed E-state index contributed by atoms with van der Waals surface area (Å²) in [5, 5.41) is 10.9. The van der Waals surface area contributed by atoms with Crippen molar-refractivity contribution in [1.29, 1.82) is 0 Å². The molecule has 0 aliphatic carbocycles. The lowest BCUT2D eigenvalue weighted by Gasteiger charge is -2.25. The molecule has 2 N–H and O–H groups in total. The summed E-state index contributed by atoms with van der Waals surface area (Å²) in [7, 11) is 1.66. The second kappa shape index (κ2) is 9.24. The van der Waals surface area contributed by atoms with Gasteiger partial charge >= 0.3 is 0 Å². The summed E-state index contributed by atoms with van der Waals surface area (Å²) in [6, 6.07) is 10.1. The van der Waals surface area contributed by atoms with Crippen LogP contribution in [0.25, 0.3) is 0 Å². The largest absolute Gasteiger partial charge is 0.497 e. The monoisotopic (exact) mass is 392 g/mol. The van der Waals surface area contributed by atoms with Gasteiger partial charge in [0, 0.05) is 24.7 Å². The summed E-state index contributed by atoms with van der Waals surface area (Å²) in [4.78, 5) is 12.5. The van der Waals surface area contributed by atoms with E-state index in [2.05, 4.69) is 29.6 Å². The zero-order valence-electron chi connectivity index (χ0n) is 16.2. The Morgan fingerprint density at radius 1 is 1.33 bits per heavy atom. The lowest BCUT2D eigenvalue weighted by molar-refractivity contribution is 0.0939. The molecule has 1 aromatic heterocycles. The van der Waals surface area contributed by atoms with Gasteiger partial charge in [-0.1, -0.05) is 26.0 Å². The summed E-state index contributed by atoms with van der Waals surface area (Å²) < 4.78 is 7.12. The number of halogens is 1. The van der Waals surface area contributed by atoms with Gasteiger partial charge in [-0.25, -0.2) is 0 Å². The number of nitrogens with one attached hydrogen (secondary N) is 2. The number of carbonyl (C=O) groups is 1. The predicted octanol–water partition coefficient (Wildman–Crippen LogP) is 2.95. The highest BCUT2D eigenvalue weighted by Gasteiger charge is 2.23. The summed E-state index contributed by atoms with van der Waals surface area (Å²) in [6.45, 7) is 6.73. The minimum atomic E-state index is -0.183. The van der Waals surface area contributed by atoms with Gasteiger partial charge in [-0.3, -0.25) is 9.48 Å². The zero-order chi connectivity index (χ0) is 18.6. The molecule has 27 heavy (non-hydrogen) atoms. The average molecular weight is 393 g/mol. The maximum atomic E-state index is 12.5. The molecule has 1 aromatic carbocycles. The number of ether oxygens (including phenoxy) is 1. The standard InChI is InChI=1S/C20H28N4O2.ClH/c1-20(2,15-6-8-17(26-3)9-7-15)14-22-19(25)18-10-12-24(23-18)16-5-4-11-21-13-16;/h6-10,12,16,21H,4-5,11,13-14H2,1-3H3,(H,22,25);1H. The van der Waals surface area contributed by atoms with Crippen LogP contribution in [0.5, 0.6) is 5.75 Å². The molecule has 148 valence electrons. The minimum absolute atomic E-state index is 0. The highest BCUT2D eigenvalue weighted by Crippen LogP contribution is 2.24. The lowest BCUT2D eigenvalue weighted by atomic mass is 9.84. The van der Waals surface area contributed by atoms with Crippen LogP contribution in [0.4, 0.5) is 0 Å². The van der Waals surface area contributed by atoms with Gasteiger partial charge in [-0.05, 0) is 43.1 Å². The molecule has 1 atom stereocenters. The van der Waals surface area contributed by atoms with Gasteiger partial charge < -0.3 is 15.4 Å². The number of nitrogens with zero attached hydrogens (tertiary/aromatic N) is 2. The van der Waals surface area contributed by atoms with Crippen LogP contribution in [0, 0.1) is 0 Å². The number of benzene rings is 1. The van der Waals surface area contributed by atoms with Gasteiger partial charge in [0.15, 0.2) is 0 Å². The van der Waals surface area contributed by atoms with Crippen molar-refractivity contribution in [2.24, 2.45) is 0 Å². The first-order chi connectivity index (χ1) is 12.5. The summed E-state index contributed by atoms with van der Waals surface area (Å²) in [5.74, 6) is 0.699. The van der Waals surface area contributed by atoms with E-state index < -0.39 is 0 Å². The number of aromatic nitrogens is 2. The topological polar surface area (TPSA) is 68.2 Å². The van der Waals surface area contributed by atoms with E-state index in [1.807, 2.05) is 35.1 Å². The Kier molecular flexibility index (Phi) is 7.27. The molecule has 2 heterocycles. The number of methoxy groups -OCH3 is 1. The molecule has 3 rings (SSSR count). The Hall–Kier alpha value is -2.05. The van der Waals surface area contributed by atoms with Crippen LogP contribution >= 0.6 is 12.4 Å². The van der Waals surface area contributed by atoms with E-state index in [9.17, 15) is 4.79 Å². The SMILES string of the molecule is COc1ccc(C(C)(C)CNC(=O)c2ccn(C3CCCNC3)n2)cc1.Cl. The molecule has 2 aromatic rings. The van der Waals surface area contributed by atoms with Crippen molar-refractivity contribution in [1.82, 2.24) is 20.4 Å². The predicted molar refractivity (Wildman–Crippen MR) is 109 cm³/mol. The van der Waals surface area contributed by atoms with Crippen LogP contribution in [-0.2, 0) is 5.41 Å². The first-order valence-electron chi connectivity index (χ1n) is 9.18. The van der Waals surface area contributed by atoms with Crippen molar-refractivity contribution in [3.63, 3.8) is 0 Å². The van der Waals surface area contributed by atoms with Crippen LogP contribution in [0.15, 0.2) is 36.5 Å². The molecule has 0 spiro atoms. The highest BCUT2D eigenvalue weighted by molar-refractivity contribution is 5.92. The average Bonchev–Trinajstić information content (AvgIpc) is 3.17. The number of carbonyl (C=O) groups excluding carboxylic acids is 1. The summed E-state index contributed by atoms with van der Waals surface area (Å²) in [6.07, 6.45) is 4.14. The molecule has 0 radical (unpaired) electrons. The number of hydrogen-bond acceptors (Lipinski definition) is 4. The van der Waals surface area contributed by atoms with Crippen LogP contribution in [-0.4, -0.2) is 42.4 Å². The number of rotatable bonds is 6. The molecule has 1 aliphatic rings. The molecular weight excluding hydrogens is 364 g/mol. The normalized spacial score (nSPS) is 17.1. The van der Waals surface area contributed by atoms with Crippen LogP contribution < -0.4 is 15.4 Å². The molecule has 0 saturated carbocycles. The highest BCUT2D eigenvalue weighted by atomic mass is 35.5. The number of hydrogen-bond donors (Lipinski definition) is 2. The molecule has 6 nitrogen and oxygen atoms in total. The van der Waals surface area contributed by atoms with Gasteiger partial charge in [-0.15, -0.1) is 12.4 Å².